The molecule has 2 rings (SSSR count). The highest BCUT2D eigenvalue weighted by Gasteiger charge is 2.35. The molecule has 1 aromatic carbocycles. The standard InChI is InChI=1S/C15H21NO3/c1-15(8-4-5-9-16-15)14(17)11-6-7-12(18-2)13(10-11)19-3/h6-7,10,16H,4-5,8-9H2,1-3H3. The van der Waals surface area contributed by atoms with Crippen molar-refractivity contribution >= 4 is 5.78 Å². The van der Waals surface area contributed by atoms with E-state index < -0.39 is 5.54 Å². The summed E-state index contributed by atoms with van der Waals surface area (Å²) in [6.07, 6.45) is 3.09. The summed E-state index contributed by atoms with van der Waals surface area (Å²) in [5.41, 5.74) is 0.201. The van der Waals surface area contributed by atoms with Crippen LogP contribution < -0.4 is 14.8 Å². The van der Waals surface area contributed by atoms with Crippen molar-refractivity contribution in [3.63, 3.8) is 0 Å². The lowest BCUT2D eigenvalue weighted by Crippen LogP contribution is -2.52. The first-order valence-electron chi connectivity index (χ1n) is 6.62. The number of benzene rings is 1. The summed E-state index contributed by atoms with van der Waals surface area (Å²) >= 11 is 0. The molecule has 1 heterocycles. The largest absolute Gasteiger partial charge is 0.493 e. The molecule has 4 nitrogen and oxygen atoms in total. The molecule has 104 valence electrons. The Hall–Kier alpha value is -1.55. The first-order valence-corrected chi connectivity index (χ1v) is 6.62. The topological polar surface area (TPSA) is 47.6 Å². The van der Waals surface area contributed by atoms with Gasteiger partial charge >= 0.3 is 0 Å². The van der Waals surface area contributed by atoms with Gasteiger partial charge in [0.25, 0.3) is 0 Å². The van der Waals surface area contributed by atoms with Gasteiger partial charge in [0.15, 0.2) is 17.3 Å². The second kappa shape index (κ2) is 5.61. The molecule has 1 aromatic rings. The Bertz CT molecular complexity index is 464. The van der Waals surface area contributed by atoms with Gasteiger partial charge in [0.2, 0.25) is 0 Å². The smallest absolute Gasteiger partial charge is 0.182 e. The number of rotatable bonds is 4. The Morgan fingerprint density at radius 3 is 2.53 bits per heavy atom. The SMILES string of the molecule is COc1ccc(C(=O)C2(C)CCCCN2)cc1OC. The van der Waals surface area contributed by atoms with Crippen LogP contribution in [0.25, 0.3) is 0 Å². The molecule has 1 aliphatic rings. The van der Waals surface area contributed by atoms with Crippen LogP contribution in [0, 0.1) is 0 Å². The maximum atomic E-state index is 12.6. The van der Waals surface area contributed by atoms with Gasteiger partial charge in [0.1, 0.15) is 0 Å². The van der Waals surface area contributed by atoms with Crippen LogP contribution in [-0.4, -0.2) is 32.1 Å². The number of carbonyl (C=O) groups is 1. The minimum atomic E-state index is -0.460. The highest BCUT2D eigenvalue weighted by Crippen LogP contribution is 2.30. The molecule has 0 aromatic heterocycles. The maximum Gasteiger partial charge on any atom is 0.182 e. The molecule has 19 heavy (non-hydrogen) atoms. The highest BCUT2D eigenvalue weighted by molar-refractivity contribution is 6.03. The van der Waals surface area contributed by atoms with Gasteiger partial charge in [0, 0.05) is 5.56 Å². The van der Waals surface area contributed by atoms with E-state index in [9.17, 15) is 4.79 Å². The summed E-state index contributed by atoms with van der Waals surface area (Å²) in [6, 6.07) is 5.33. The fourth-order valence-corrected chi connectivity index (χ4v) is 2.55. The minimum absolute atomic E-state index is 0.119. The molecule has 1 aliphatic heterocycles. The second-order valence-corrected chi connectivity index (χ2v) is 5.11. The molecule has 4 heteroatoms. The molecular formula is C15H21NO3. The van der Waals surface area contributed by atoms with Crippen molar-refractivity contribution in [3.8, 4) is 11.5 Å². The third-order valence-electron chi connectivity index (χ3n) is 3.77. The molecule has 0 aliphatic carbocycles. The van der Waals surface area contributed by atoms with Gasteiger partial charge in [0.05, 0.1) is 19.8 Å². The van der Waals surface area contributed by atoms with Crippen LogP contribution in [0.5, 0.6) is 11.5 Å². The van der Waals surface area contributed by atoms with Crippen molar-refractivity contribution in [2.75, 3.05) is 20.8 Å². The Morgan fingerprint density at radius 1 is 1.21 bits per heavy atom. The molecular weight excluding hydrogens is 242 g/mol. The first-order chi connectivity index (χ1) is 9.10. The van der Waals surface area contributed by atoms with Gasteiger partial charge in [-0.2, -0.15) is 0 Å². The Kier molecular flexibility index (Phi) is 4.10. The number of carbonyl (C=O) groups excluding carboxylic acids is 1. The minimum Gasteiger partial charge on any atom is -0.493 e. The lowest BCUT2D eigenvalue weighted by Gasteiger charge is -2.33. The fourth-order valence-electron chi connectivity index (χ4n) is 2.55. The molecule has 1 unspecified atom stereocenters. The normalized spacial score (nSPS) is 22.9. The Labute approximate surface area is 114 Å². The van der Waals surface area contributed by atoms with Crippen LogP contribution in [0.4, 0.5) is 0 Å². The Balaban J connectivity index is 2.28. The highest BCUT2D eigenvalue weighted by atomic mass is 16.5. The number of Topliss-reactive ketones (excluding diaryl/α,β-unsaturated/α-hetero) is 1. The monoisotopic (exact) mass is 263 g/mol. The second-order valence-electron chi connectivity index (χ2n) is 5.11. The van der Waals surface area contributed by atoms with Crippen LogP contribution >= 0.6 is 0 Å². The summed E-state index contributed by atoms with van der Waals surface area (Å²) < 4.78 is 10.4. The third-order valence-corrected chi connectivity index (χ3v) is 3.77. The number of nitrogens with one attached hydrogen (secondary N) is 1. The van der Waals surface area contributed by atoms with E-state index in [1.807, 2.05) is 6.92 Å². The van der Waals surface area contributed by atoms with Crippen molar-refractivity contribution in [2.24, 2.45) is 0 Å². The molecule has 0 bridgehead atoms. The molecule has 0 spiro atoms. The zero-order valence-corrected chi connectivity index (χ0v) is 11.8. The molecule has 0 saturated carbocycles. The maximum absolute atomic E-state index is 12.6. The quantitative estimate of drug-likeness (QED) is 0.847. The van der Waals surface area contributed by atoms with Crippen molar-refractivity contribution in [3.05, 3.63) is 23.8 Å². The van der Waals surface area contributed by atoms with Crippen molar-refractivity contribution in [1.82, 2.24) is 5.32 Å². The number of methoxy groups -OCH3 is 2. The van der Waals surface area contributed by atoms with Gasteiger partial charge in [-0.3, -0.25) is 4.79 Å². The number of ketones is 1. The number of hydrogen-bond acceptors (Lipinski definition) is 4. The van der Waals surface area contributed by atoms with E-state index >= 15 is 0 Å². The van der Waals surface area contributed by atoms with Gasteiger partial charge in [-0.05, 0) is 50.9 Å². The lowest BCUT2D eigenvalue weighted by molar-refractivity contribution is 0.0834. The molecule has 0 radical (unpaired) electrons. The summed E-state index contributed by atoms with van der Waals surface area (Å²) in [5, 5.41) is 3.34. The van der Waals surface area contributed by atoms with Gasteiger partial charge in [-0.25, -0.2) is 0 Å². The van der Waals surface area contributed by atoms with E-state index in [-0.39, 0.29) is 5.78 Å². The zero-order chi connectivity index (χ0) is 13.9. The zero-order valence-electron chi connectivity index (χ0n) is 11.8. The predicted molar refractivity (Wildman–Crippen MR) is 74.1 cm³/mol. The molecule has 1 N–H and O–H groups in total. The molecule has 0 amide bonds. The molecule has 1 fully saturated rings. The number of piperidine rings is 1. The van der Waals surface area contributed by atoms with Crippen LogP contribution in [0.3, 0.4) is 0 Å². The summed E-state index contributed by atoms with van der Waals surface area (Å²) in [5.74, 6) is 1.35. The molecule has 1 atom stereocenters. The Morgan fingerprint density at radius 2 is 1.95 bits per heavy atom. The number of ether oxygens (including phenoxy) is 2. The fraction of sp³-hybridized carbons (Fsp3) is 0.533. The van der Waals surface area contributed by atoms with Crippen LogP contribution in [0.2, 0.25) is 0 Å². The molecule has 1 saturated heterocycles. The van der Waals surface area contributed by atoms with Crippen molar-refractivity contribution in [2.45, 2.75) is 31.7 Å². The van der Waals surface area contributed by atoms with E-state index in [1.54, 1.807) is 32.4 Å². The first kappa shape index (κ1) is 13.9. The van der Waals surface area contributed by atoms with Gasteiger partial charge in [-0.1, -0.05) is 0 Å². The van der Waals surface area contributed by atoms with E-state index in [2.05, 4.69) is 5.32 Å². The average molecular weight is 263 g/mol. The number of hydrogen-bond donors (Lipinski definition) is 1. The van der Waals surface area contributed by atoms with E-state index in [0.717, 1.165) is 25.8 Å². The summed E-state index contributed by atoms with van der Waals surface area (Å²) in [4.78, 5) is 12.6. The predicted octanol–water partition coefficient (Wildman–Crippen LogP) is 2.42. The van der Waals surface area contributed by atoms with Crippen molar-refractivity contribution < 1.29 is 14.3 Å². The average Bonchev–Trinajstić information content (AvgIpc) is 2.46. The van der Waals surface area contributed by atoms with Crippen LogP contribution in [0.1, 0.15) is 36.5 Å². The van der Waals surface area contributed by atoms with Crippen LogP contribution in [-0.2, 0) is 0 Å². The summed E-state index contributed by atoms with van der Waals surface area (Å²) in [7, 11) is 3.16. The van der Waals surface area contributed by atoms with E-state index in [1.165, 1.54) is 0 Å². The van der Waals surface area contributed by atoms with Gasteiger partial charge < -0.3 is 14.8 Å². The van der Waals surface area contributed by atoms with Crippen LogP contribution in [0.15, 0.2) is 18.2 Å². The summed E-state index contributed by atoms with van der Waals surface area (Å²) in [6.45, 7) is 2.88. The van der Waals surface area contributed by atoms with Crippen molar-refractivity contribution in [1.29, 1.82) is 0 Å². The third kappa shape index (κ3) is 2.73. The van der Waals surface area contributed by atoms with E-state index in [4.69, 9.17) is 9.47 Å². The van der Waals surface area contributed by atoms with E-state index in [0.29, 0.717) is 17.1 Å². The van der Waals surface area contributed by atoms with Gasteiger partial charge in [-0.15, -0.1) is 0 Å². The lowest BCUT2D eigenvalue weighted by atomic mass is 9.84.